The van der Waals surface area contributed by atoms with Crippen LogP contribution < -0.4 is 5.32 Å². The average molecular weight is 272 g/mol. The lowest BCUT2D eigenvalue weighted by molar-refractivity contribution is -0.384. The van der Waals surface area contributed by atoms with Crippen LogP contribution in [-0.4, -0.2) is 16.0 Å². The van der Waals surface area contributed by atoms with Gasteiger partial charge in [0, 0.05) is 23.5 Å². The molecule has 6 heteroatoms. The first-order valence-corrected chi connectivity index (χ1v) is 5.83. The molecule has 0 aliphatic heterocycles. The average Bonchev–Trinajstić information content (AvgIpc) is 2.41. The number of nitro groups is 1. The highest BCUT2D eigenvalue weighted by Gasteiger charge is 2.08. The number of nitrogens with one attached hydrogen (secondary N) is 1. The molecule has 0 aromatic heterocycles. The van der Waals surface area contributed by atoms with Gasteiger partial charge in [0.1, 0.15) is 0 Å². The Morgan fingerprint density at radius 3 is 2.40 bits per heavy atom. The second-order valence-corrected chi connectivity index (χ2v) is 4.26. The molecule has 0 heterocycles. The van der Waals surface area contributed by atoms with Crippen molar-refractivity contribution in [2.75, 3.05) is 5.32 Å². The van der Waals surface area contributed by atoms with Crippen molar-refractivity contribution in [1.82, 2.24) is 0 Å². The standard InChI is InChI=1S/C14H12N2O4/c1-9-2-3-10(14(17)18)8-13(9)15-11-4-6-12(7-5-11)16(19)20/h2-8,15H,1H3,(H,17,18). The molecule has 0 atom stereocenters. The quantitative estimate of drug-likeness (QED) is 0.657. The molecule has 0 amide bonds. The molecule has 102 valence electrons. The second-order valence-electron chi connectivity index (χ2n) is 4.26. The van der Waals surface area contributed by atoms with Crippen LogP contribution in [0.15, 0.2) is 42.5 Å². The Bertz CT molecular complexity index is 665. The third-order valence-corrected chi connectivity index (χ3v) is 2.84. The maximum absolute atomic E-state index is 10.9. The van der Waals surface area contributed by atoms with Crippen molar-refractivity contribution in [3.05, 3.63) is 63.7 Å². The number of hydrogen-bond acceptors (Lipinski definition) is 4. The Morgan fingerprint density at radius 1 is 1.20 bits per heavy atom. The highest BCUT2D eigenvalue weighted by Crippen LogP contribution is 2.23. The van der Waals surface area contributed by atoms with Crippen molar-refractivity contribution in [3.8, 4) is 0 Å². The van der Waals surface area contributed by atoms with Crippen LogP contribution in [0.2, 0.25) is 0 Å². The molecule has 0 bridgehead atoms. The smallest absolute Gasteiger partial charge is 0.335 e. The minimum absolute atomic E-state index is 0.00607. The molecule has 20 heavy (non-hydrogen) atoms. The molecule has 0 radical (unpaired) electrons. The fourth-order valence-electron chi connectivity index (χ4n) is 1.71. The predicted octanol–water partition coefficient (Wildman–Crippen LogP) is 3.35. The number of nitro benzene ring substituents is 1. The van der Waals surface area contributed by atoms with Crippen molar-refractivity contribution < 1.29 is 14.8 Å². The first-order valence-electron chi connectivity index (χ1n) is 5.83. The summed E-state index contributed by atoms with van der Waals surface area (Å²) in [5, 5.41) is 22.6. The van der Waals surface area contributed by atoms with E-state index in [1.807, 2.05) is 6.92 Å². The zero-order valence-corrected chi connectivity index (χ0v) is 10.7. The largest absolute Gasteiger partial charge is 0.478 e. The summed E-state index contributed by atoms with van der Waals surface area (Å²) in [7, 11) is 0. The minimum atomic E-state index is -1.00. The van der Waals surface area contributed by atoms with Gasteiger partial charge in [-0.15, -0.1) is 0 Å². The summed E-state index contributed by atoms with van der Waals surface area (Å²) in [5.41, 5.74) is 2.37. The SMILES string of the molecule is Cc1ccc(C(=O)O)cc1Nc1ccc([N+](=O)[O-])cc1. The Hall–Kier alpha value is -2.89. The summed E-state index contributed by atoms with van der Waals surface area (Å²) >= 11 is 0. The van der Waals surface area contributed by atoms with Crippen molar-refractivity contribution >= 4 is 23.0 Å². The summed E-state index contributed by atoms with van der Waals surface area (Å²) in [5.74, 6) is -1.00. The van der Waals surface area contributed by atoms with Crippen molar-refractivity contribution in [2.24, 2.45) is 0 Å². The van der Waals surface area contributed by atoms with Gasteiger partial charge in [-0.05, 0) is 36.8 Å². The Kier molecular flexibility index (Phi) is 3.65. The number of hydrogen-bond donors (Lipinski definition) is 2. The van der Waals surface area contributed by atoms with Gasteiger partial charge in [-0.1, -0.05) is 6.07 Å². The van der Waals surface area contributed by atoms with Gasteiger partial charge in [0.15, 0.2) is 0 Å². The van der Waals surface area contributed by atoms with E-state index in [9.17, 15) is 14.9 Å². The van der Waals surface area contributed by atoms with Gasteiger partial charge < -0.3 is 10.4 Å². The summed E-state index contributed by atoms with van der Waals surface area (Å²) in [6, 6.07) is 10.7. The maximum Gasteiger partial charge on any atom is 0.335 e. The highest BCUT2D eigenvalue weighted by molar-refractivity contribution is 5.89. The lowest BCUT2D eigenvalue weighted by Gasteiger charge is -2.10. The van der Waals surface area contributed by atoms with E-state index in [0.29, 0.717) is 11.4 Å². The number of non-ortho nitro benzene ring substituents is 1. The van der Waals surface area contributed by atoms with Crippen molar-refractivity contribution in [3.63, 3.8) is 0 Å². The molecule has 2 rings (SSSR count). The monoisotopic (exact) mass is 272 g/mol. The molecule has 0 saturated heterocycles. The highest BCUT2D eigenvalue weighted by atomic mass is 16.6. The third-order valence-electron chi connectivity index (χ3n) is 2.84. The van der Waals surface area contributed by atoms with E-state index in [4.69, 9.17) is 5.11 Å². The van der Waals surface area contributed by atoms with E-state index in [0.717, 1.165) is 5.56 Å². The zero-order valence-electron chi connectivity index (χ0n) is 10.7. The van der Waals surface area contributed by atoms with Crippen LogP contribution in [0.5, 0.6) is 0 Å². The number of carboxylic acid groups (broad SMARTS) is 1. The van der Waals surface area contributed by atoms with Crippen LogP contribution in [0.1, 0.15) is 15.9 Å². The second kappa shape index (κ2) is 5.40. The van der Waals surface area contributed by atoms with E-state index in [2.05, 4.69) is 5.32 Å². The molecular weight excluding hydrogens is 260 g/mol. The summed E-state index contributed by atoms with van der Waals surface area (Å²) in [4.78, 5) is 21.0. The number of carbonyl (C=O) groups is 1. The topological polar surface area (TPSA) is 92.5 Å². The molecule has 0 saturated carbocycles. The molecule has 2 aromatic carbocycles. The number of aromatic carboxylic acids is 1. The molecule has 0 aliphatic carbocycles. The van der Waals surface area contributed by atoms with E-state index < -0.39 is 10.9 Å². The lowest BCUT2D eigenvalue weighted by atomic mass is 10.1. The molecular formula is C14H12N2O4. The molecule has 6 nitrogen and oxygen atoms in total. The van der Waals surface area contributed by atoms with E-state index in [-0.39, 0.29) is 11.3 Å². The summed E-state index contributed by atoms with van der Waals surface area (Å²) in [6.07, 6.45) is 0. The normalized spacial score (nSPS) is 10.1. The Balaban J connectivity index is 2.27. The number of aryl methyl sites for hydroxylation is 1. The van der Waals surface area contributed by atoms with Gasteiger partial charge in [-0.25, -0.2) is 4.79 Å². The first-order chi connectivity index (χ1) is 9.47. The third kappa shape index (κ3) is 2.92. The van der Waals surface area contributed by atoms with Gasteiger partial charge in [-0.2, -0.15) is 0 Å². The van der Waals surface area contributed by atoms with Crippen molar-refractivity contribution in [1.29, 1.82) is 0 Å². The van der Waals surface area contributed by atoms with E-state index >= 15 is 0 Å². The molecule has 0 unspecified atom stereocenters. The van der Waals surface area contributed by atoms with Gasteiger partial charge in [0.05, 0.1) is 10.5 Å². The van der Waals surface area contributed by atoms with Crippen LogP contribution in [0.3, 0.4) is 0 Å². The minimum Gasteiger partial charge on any atom is -0.478 e. The van der Waals surface area contributed by atoms with Gasteiger partial charge in [-0.3, -0.25) is 10.1 Å². The van der Waals surface area contributed by atoms with Crippen LogP contribution in [0, 0.1) is 17.0 Å². The van der Waals surface area contributed by atoms with Crippen molar-refractivity contribution in [2.45, 2.75) is 6.92 Å². The number of nitrogens with zero attached hydrogens (tertiary/aromatic N) is 1. The zero-order chi connectivity index (χ0) is 14.7. The predicted molar refractivity (Wildman–Crippen MR) is 74.5 cm³/mol. The van der Waals surface area contributed by atoms with Gasteiger partial charge >= 0.3 is 5.97 Å². The number of rotatable bonds is 4. The number of benzene rings is 2. The van der Waals surface area contributed by atoms with Gasteiger partial charge in [0.25, 0.3) is 5.69 Å². The lowest BCUT2D eigenvalue weighted by Crippen LogP contribution is -2.00. The van der Waals surface area contributed by atoms with Crippen LogP contribution >= 0.6 is 0 Å². The van der Waals surface area contributed by atoms with E-state index in [1.165, 1.54) is 24.3 Å². The van der Waals surface area contributed by atoms with Gasteiger partial charge in [0.2, 0.25) is 0 Å². The van der Waals surface area contributed by atoms with Crippen LogP contribution in [-0.2, 0) is 0 Å². The number of carboxylic acids is 1. The Morgan fingerprint density at radius 2 is 1.85 bits per heavy atom. The molecule has 0 fully saturated rings. The summed E-state index contributed by atoms with van der Waals surface area (Å²) < 4.78 is 0. The fraction of sp³-hybridized carbons (Fsp3) is 0.0714. The molecule has 0 spiro atoms. The van der Waals surface area contributed by atoms with Crippen LogP contribution in [0.4, 0.5) is 17.1 Å². The molecule has 2 aromatic rings. The number of anilines is 2. The fourth-order valence-corrected chi connectivity index (χ4v) is 1.71. The van der Waals surface area contributed by atoms with E-state index in [1.54, 1.807) is 18.2 Å². The molecule has 0 aliphatic rings. The summed E-state index contributed by atoms with van der Waals surface area (Å²) in [6.45, 7) is 1.85. The molecule has 2 N–H and O–H groups in total. The first kappa shape index (κ1) is 13.5. The Labute approximate surface area is 114 Å². The maximum atomic E-state index is 10.9. The van der Waals surface area contributed by atoms with Crippen LogP contribution in [0.25, 0.3) is 0 Å².